The van der Waals surface area contributed by atoms with Crippen LogP contribution in [0.4, 0.5) is 0 Å². The van der Waals surface area contributed by atoms with Crippen LogP contribution in [0.1, 0.15) is 45.1 Å². The molecule has 2 amide bonds. The summed E-state index contributed by atoms with van der Waals surface area (Å²) in [5.41, 5.74) is 2.41. The van der Waals surface area contributed by atoms with Crippen LogP contribution in [0.5, 0.6) is 5.75 Å². The number of carbonyl (C=O) groups excluding carboxylic acids is 2. The van der Waals surface area contributed by atoms with E-state index >= 15 is 0 Å². The maximum absolute atomic E-state index is 13.9. The molecule has 0 saturated heterocycles. The number of hydrogen-bond donors (Lipinski definition) is 3. The minimum atomic E-state index is -4.14. The first kappa shape index (κ1) is 27.6. The van der Waals surface area contributed by atoms with Gasteiger partial charge in [-0.2, -0.15) is 4.31 Å². The molecular weight excluding hydrogens is 482 g/mol. The Morgan fingerprint density at radius 3 is 2.14 bits per heavy atom. The van der Waals surface area contributed by atoms with Crippen LogP contribution in [-0.2, 0) is 26.2 Å². The average molecular weight is 518 g/mol. The Hall–Kier alpha value is -2.95. The molecule has 0 unspecified atom stereocenters. The Morgan fingerprint density at radius 2 is 1.61 bits per heavy atom. The highest BCUT2D eigenvalue weighted by atomic mass is 32.2. The van der Waals surface area contributed by atoms with Crippen LogP contribution < -0.4 is 15.5 Å². The summed E-state index contributed by atoms with van der Waals surface area (Å²) in [6, 6.07) is 13.8. The zero-order valence-corrected chi connectivity index (χ0v) is 21.7. The zero-order valence-electron chi connectivity index (χ0n) is 20.9. The van der Waals surface area contributed by atoms with Crippen molar-refractivity contribution < 1.29 is 28.0 Å². The number of amides is 2. The van der Waals surface area contributed by atoms with E-state index in [1.807, 2.05) is 19.9 Å². The first-order chi connectivity index (χ1) is 17.2. The summed E-state index contributed by atoms with van der Waals surface area (Å²) in [7, 11) is -2.64. The van der Waals surface area contributed by atoms with Crippen LogP contribution in [0.25, 0.3) is 0 Å². The molecule has 0 aliphatic heterocycles. The fourth-order valence-corrected chi connectivity index (χ4v) is 6.21. The number of sulfonamides is 1. The van der Waals surface area contributed by atoms with E-state index < -0.39 is 22.0 Å². The molecule has 1 saturated carbocycles. The van der Waals surface area contributed by atoms with Crippen LogP contribution >= 0.6 is 0 Å². The largest absolute Gasteiger partial charge is 0.497 e. The summed E-state index contributed by atoms with van der Waals surface area (Å²) in [4.78, 5) is 25.2. The minimum absolute atomic E-state index is 0.0212. The van der Waals surface area contributed by atoms with E-state index in [1.165, 1.54) is 23.5 Å². The van der Waals surface area contributed by atoms with Crippen LogP contribution in [0.2, 0.25) is 0 Å². The molecule has 10 heteroatoms. The van der Waals surface area contributed by atoms with Crippen LogP contribution in [-0.4, -0.2) is 48.9 Å². The van der Waals surface area contributed by atoms with Crippen LogP contribution in [0, 0.1) is 11.8 Å². The second kappa shape index (κ2) is 12.3. The SMILES string of the molecule is COc1ccc(S(=O)(=O)N(Cc2ccccc2)[C@@H](C(=O)NO)C2CCC(NC(=O)C(C)C)CC2)cc1. The topological polar surface area (TPSA) is 125 Å². The molecule has 196 valence electrons. The first-order valence-electron chi connectivity index (χ1n) is 12.1. The van der Waals surface area contributed by atoms with Crippen molar-refractivity contribution in [2.24, 2.45) is 11.8 Å². The second-order valence-electron chi connectivity index (χ2n) is 9.41. The normalized spacial score (nSPS) is 19.1. The summed E-state index contributed by atoms with van der Waals surface area (Å²) < 4.78 is 34.1. The molecule has 0 spiro atoms. The number of rotatable bonds is 10. The van der Waals surface area contributed by atoms with Gasteiger partial charge in [0, 0.05) is 18.5 Å². The Labute approximate surface area is 212 Å². The molecule has 2 aromatic rings. The summed E-state index contributed by atoms with van der Waals surface area (Å²) >= 11 is 0. The molecule has 1 fully saturated rings. The summed E-state index contributed by atoms with van der Waals surface area (Å²) in [5, 5.41) is 12.6. The van der Waals surface area contributed by atoms with E-state index in [0.29, 0.717) is 37.0 Å². The third-order valence-electron chi connectivity index (χ3n) is 6.63. The van der Waals surface area contributed by atoms with Gasteiger partial charge in [-0.15, -0.1) is 0 Å². The molecule has 2 aromatic carbocycles. The number of hydroxylamine groups is 1. The van der Waals surface area contributed by atoms with Crippen molar-refractivity contribution in [1.29, 1.82) is 0 Å². The lowest BCUT2D eigenvalue weighted by Gasteiger charge is -2.38. The molecule has 1 atom stereocenters. The highest BCUT2D eigenvalue weighted by molar-refractivity contribution is 7.89. The fraction of sp³-hybridized carbons (Fsp3) is 0.462. The molecule has 9 nitrogen and oxygen atoms in total. The minimum Gasteiger partial charge on any atom is -0.497 e. The predicted molar refractivity (Wildman–Crippen MR) is 135 cm³/mol. The zero-order chi connectivity index (χ0) is 26.3. The third kappa shape index (κ3) is 6.63. The van der Waals surface area contributed by atoms with Crippen molar-refractivity contribution in [3.05, 3.63) is 60.2 Å². The van der Waals surface area contributed by atoms with Crippen LogP contribution in [0.15, 0.2) is 59.5 Å². The summed E-state index contributed by atoms with van der Waals surface area (Å²) in [6.45, 7) is 3.61. The highest BCUT2D eigenvalue weighted by Gasteiger charge is 2.42. The van der Waals surface area contributed by atoms with Crippen molar-refractivity contribution in [2.75, 3.05) is 7.11 Å². The summed E-state index contributed by atoms with van der Waals surface area (Å²) in [5.74, 6) is -0.781. The molecule has 0 aromatic heterocycles. The molecule has 0 bridgehead atoms. The van der Waals surface area contributed by atoms with Crippen molar-refractivity contribution in [3.8, 4) is 5.75 Å². The molecule has 3 N–H and O–H groups in total. The molecule has 0 heterocycles. The Balaban J connectivity index is 1.94. The van der Waals surface area contributed by atoms with Crippen molar-refractivity contribution >= 4 is 21.8 Å². The van der Waals surface area contributed by atoms with Gasteiger partial charge in [-0.1, -0.05) is 44.2 Å². The van der Waals surface area contributed by atoms with Crippen molar-refractivity contribution in [2.45, 2.75) is 63.1 Å². The van der Waals surface area contributed by atoms with Gasteiger partial charge >= 0.3 is 0 Å². The van der Waals surface area contributed by atoms with E-state index in [2.05, 4.69) is 5.32 Å². The van der Waals surface area contributed by atoms with Gasteiger partial charge in [0.05, 0.1) is 12.0 Å². The van der Waals surface area contributed by atoms with E-state index in [0.717, 1.165) is 0 Å². The van der Waals surface area contributed by atoms with Gasteiger partial charge in [-0.05, 0) is 61.4 Å². The van der Waals surface area contributed by atoms with Crippen molar-refractivity contribution in [1.82, 2.24) is 15.1 Å². The smallest absolute Gasteiger partial charge is 0.262 e. The van der Waals surface area contributed by atoms with Gasteiger partial charge < -0.3 is 10.1 Å². The van der Waals surface area contributed by atoms with E-state index in [4.69, 9.17) is 4.74 Å². The molecule has 3 rings (SSSR count). The van der Waals surface area contributed by atoms with Gasteiger partial charge in [0.1, 0.15) is 11.8 Å². The van der Waals surface area contributed by atoms with Gasteiger partial charge in [-0.25, -0.2) is 13.9 Å². The Bertz CT molecular complexity index is 1110. The number of ether oxygens (including phenoxy) is 1. The average Bonchev–Trinajstić information content (AvgIpc) is 2.89. The number of nitrogens with zero attached hydrogens (tertiary/aromatic N) is 1. The second-order valence-corrected chi connectivity index (χ2v) is 11.3. The highest BCUT2D eigenvalue weighted by Crippen LogP contribution is 2.34. The van der Waals surface area contributed by atoms with E-state index in [9.17, 15) is 23.2 Å². The van der Waals surface area contributed by atoms with Gasteiger partial charge in [0.25, 0.3) is 5.91 Å². The molecular formula is C26H35N3O6S. The van der Waals surface area contributed by atoms with Gasteiger partial charge in [0.15, 0.2) is 0 Å². The lowest BCUT2D eigenvalue weighted by molar-refractivity contribution is -0.136. The standard InChI is InChI=1S/C26H35N3O6S/c1-18(2)25(30)27-21-11-9-20(10-12-21)24(26(31)28-32)29(17-19-7-5-4-6-8-19)36(33,34)23-15-13-22(35-3)14-16-23/h4-8,13-16,18,20-21,24,32H,9-12,17H2,1-3H3,(H,27,30)(H,28,31)/t20?,21?,24-/m1/s1. The van der Waals surface area contributed by atoms with E-state index in [1.54, 1.807) is 41.9 Å². The number of benzene rings is 2. The van der Waals surface area contributed by atoms with Gasteiger partial charge in [-0.3, -0.25) is 14.8 Å². The maximum Gasteiger partial charge on any atom is 0.262 e. The first-order valence-corrected chi connectivity index (χ1v) is 13.6. The predicted octanol–water partition coefficient (Wildman–Crippen LogP) is 3.09. The monoisotopic (exact) mass is 517 g/mol. The Kier molecular flexibility index (Phi) is 9.47. The number of methoxy groups -OCH3 is 1. The van der Waals surface area contributed by atoms with Crippen LogP contribution in [0.3, 0.4) is 0 Å². The maximum atomic E-state index is 13.9. The van der Waals surface area contributed by atoms with Gasteiger partial charge in [0.2, 0.25) is 15.9 Å². The molecule has 36 heavy (non-hydrogen) atoms. The quantitative estimate of drug-likeness (QED) is 0.329. The third-order valence-corrected chi connectivity index (χ3v) is 8.47. The Morgan fingerprint density at radius 1 is 1.00 bits per heavy atom. The molecule has 0 radical (unpaired) electrons. The lowest BCUT2D eigenvalue weighted by atomic mass is 9.81. The number of nitrogens with one attached hydrogen (secondary N) is 2. The molecule has 1 aliphatic carbocycles. The number of hydrogen-bond acceptors (Lipinski definition) is 6. The molecule has 1 aliphatic rings. The summed E-state index contributed by atoms with van der Waals surface area (Å²) in [6.07, 6.45) is 2.26. The van der Waals surface area contributed by atoms with Crippen molar-refractivity contribution in [3.63, 3.8) is 0 Å². The lowest BCUT2D eigenvalue weighted by Crippen LogP contribution is -2.53. The number of carbonyl (C=O) groups is 2. The van der Waals surface area contributed by atoms with E-state index in [-0.39, 0.29) is 35.2 Å². The fourth-order valence-electron chi connectivity index (χ4n) is 4.57.